The molecule has 2 heterocycles. The molecule has 0 aliphatic carbocycles. The summed E-state index contributed by atoms with van der Waals surface area (Å²) in [5.74, 6) is 0. The molecule has 2 bridgehead atoms. The summed E-state index contributed by atoms with van der Waals surface area (Å²) >= 11 is 0. The molecule has 2 rings (SSSR count). The van der Waals surface area contributed by atoms with Gasteiger partial charge in [-0.05, 0) is 52.9 Å². The Morgan fingerprint density at radius 2 is 1.85 bits per heavy atom. The van der Waals surface area contributed by atoms with Gasteiger partial charge in [0.25, 0.3) is 0 Å². The maximum absolute atomic E-state index is 12.3. The van der Waals surface area contributed by atoms with E-state index in [1.165, 1.54) is 0 Å². The molecular weight excluding hydrogens is 258 g/mol. The minimum absolute atomic E-state index is 0.102. The third kappa shape index (κ3) is 3.44. The molecule has 1 amide bonds. The van der Waals surface area contributed by atoms with E-state index in [2.05, 4.69) is 0 Å². The topological polar surface area (TPSA) is 59.0 Å². The van der Waals surface area contributed by atoms with E-state index in [1.807, 2.05) is 25.7 Å². The van der Waals surface area contributed by atoms with Crippen molar-refractivity contribution in [3.8, 4) is 0 Å². The monoisotopic (exact) mass is 285 g/mol. The fourth-order valence-corrected chi connectivity index (χ4v) is 3.43. The zero-order valence-corrected chi connectivity index (χ0v) is 13.0. The molecule has 2 atom stereocenters. The van der Waals surface area contributed by atoms with Gasteiger partial charge in [-0.15, -0.1) is 0 Å². The minimum Gasteiger partial charge on any atom is -0.444 e. The van der Waals surface area contributed by atoms with Crippen LogP contribution in [0.1, 0.15) is 52.9 Å². The SMILES string of the molecule is COCCC1(O)CC2CCC(C1)N2C(=O)OC(C)(C)C. The molecule has 2 saturated heterocycles. The second kappa shape index (κ2) is 5.53. The first-order valence-electron chi connectivity index (χ1n) is 7.47. The van der Waals surface area contributed by atoms with Crippen molar-refractivity contribution in [1.29, 1.82) is 0 Å². The highest BCUT2D eigenvalue weighted by Gasteiger charge is 2.50. The predicted molar refractivity (Wildman–Crippen MR) is 75.6 cm³/mol. The van der Waals surface area contributed by atoms with Gasteiger partial charge in [-0.3, -0.25) is 0 Å². The molecule has 1 N–H and O–H groups in total. The average Bonchev–Trinajstić information content (AvgIpc) is 2.58. The number of hydrogen-bond acceptors (Lipinski definition) is 4. The van der Waals surface area contributed by atoms with Gasteiger partial charge >= 0.3 is 6.09 Å². The Kier molecular flexibility index (Phi) is 4.30. The second-order valence-corrected chi connectivity index (χ2v) is 7.15. The van der Waals surface area contributed by atoms with Gasteiger partial charge in [-0.2, -0.15) is 0 Å². The lowest BCUT2D eigenvalue weighted by molar-refractivity contribution is -0.0706. The van der Waals surface area contributed by atoms with Crippen molar-refractivity contribution in [3.63, 3.8) is 0 Å². The molecule has 0 spiro atoms. The Labute approximate surface area is 121 Å². The van der Waals surface area contributed by atoms with E-state index >= 15 is 0 Å². The van der Waals surface area contributed by atoms with Crippen LogP contribution in [0.15, 0.2) is 0 Å². The van der Waals surface area contributed by atoms with Crippen LogP contribution in [0.3, 0.4) is 0 Å². The minimum atomic E-state index is -0.694. The van der Waals surface area contributed by atoms with E-state index in [0.717, 1.165) is 12.8 Å². The zero-order chi connectivity index (χ0) is 15.0. The number of hydrogen-bond donors (Lipinski definition) is 1. The lowest BCUT2D eigenvalue weighted by Crippen LogP contribution is -2.54. The Morgan fingerprint density at radius 1 is 1.30 bits per heavy atom. The highest BCUT2D eigenvalue weighted by atomic mass is 16.6. The molecular formula is C15H27NO4. The fourth-order valence-electron chi connectivity index (χ4n) is 3.43. The van der Waals surface area contributed by atoms with Crippen molar-refractivity contribution in [1.82, 2.24) is 4.90 Å². The van der Waals surface area contributed by atoms with Crippen molar-refractivity contribution >= 4 is 6.09 Å². The van der Waals surface area contributed by atoms with E-state index in [0.29, 0.717) is 25.9 Å². The first-order chi connectivity index (χ1) is 9.24. The van der Waals surface area contributed by atoms with Gasteiger partial charge in [-0.1, -0.05) is 0 Å². The highest BCUT2D eigenvalue weighted by molar-refractivity contribution is 5.69. The fraction of sp³-hybridized carbons (Fsp3) is 0.933. The van der Waals surface area contributed by atoms with Crippen LogP contribution in [-0.4, -0.2) is 53.1 Å². The molecule has 0 aromatic rings. The van der Waals surface area contributed by atoms with Gasteiger partial charge in [0.1, 0.15) is 5.60 Å². The molecule has 2 fully saturated rings. The number of carbonyl (C=O) groups is 1. The first kappa shape index (κ1) is 15.6. The van der Waals surface area contributed by atoms with Gasteiger partial charge in [0.2, 0.25) is 0 Å². The van der Waals surface area contributed by atoms with Crippen molar-refractivity contribution in [2.75, 3.05) is 13.7 Å². The van der Waals surface area contributed by atoms with E-state index in [1.54, 1.807) is 7.11 Å². The van der Waals surface area contributed by atoms with Gasteiger partial charge < -0.3 is 19.5 Å². The zero-order valence-electron chi connectivity index (χ0n) is 13.0. The number of amides is 1. The van der Waals surface area contributed by atoms with Crippen LogP contribution in [-0.2, 0) is 9.47 Å². The average molecular weight is 285 g/mol. The van der Waals surface area contributed by atoms with E-state index in [9.17, 15) is 9.90 Å². The van der Waals surface area contributed by atoms with Crippen molar-refractivity contribution in [3.05, 3.63) is 0 Å². The maximum Gasteiger partial charge on any atom is 0.410 e. The number of nitrogens with zero attached hydrogens (tertiary/aromatic N) is 1. The molecule has 116 valence electrons. The molecule has 20 heavy (non-hydrogen) atoms. The van der Waals surface area contributed by atoms with E-state index < -0.39 is 11.2 Å². The molecule has 0 radical (unpaired) electrons. The second-order valence-electron chi connectivity index (χ2n) is 7.15. The van der Waals surface area contributed by atoms with E-state index in [4.69, 9.17) is 9.47 Å². The molecule has 2 aliphatic rings. The van der Waals surface area contributed by atoms with Crippen LogP contribution in [0.2, 0.25) is 0 Å². The van der Waals surface area contributed by atoms with Crippen LogP contribution in [0.5, 0.6) is 0 Å². The van der Waals surface area contributed by atoms with Crippen LogP contribution in [0.25, 0.3) is 0 Å². The molecule has 2 unspecified atom stereocenters. The molecule has 0 saturated carbocycles. The summed E-state index contributed by atoms with van der Waals surface area (Å²) in [7, 11) is 1.65. The summed E-state index contributed by atoms with van der Waals surface area (Å²) in [6.07, 6.45) is 3.58. The quantitative estimate of drug-likeness (QED) is 0.864. The lowest BCUT2D eigenvalue weighted by Gasteiger charge is -2.43. The number of methoxy groups -OCH3 is 1. The smallest absolute Gasteiger partial charge is 0.410 e. The molecule has 0 aromatic heterocycles. The van der Waals surface area contributed by atoms with Crippen LogP contribution in [0.4, 0.5) is 4.79 Å². The van der Waals surface area contributed by atoms with E-state index in [-0.39, 0.29) is 18.2 Å². The summed E-state index contributed by atoms with van der Waals surface area (Å²) in [4.78, 5) is 14.2. The predicted octanol–water partition coefficient (Wildman–Crippen LogP) is 2.32. The number of aliphatic hydroxyl groups is 1. The van der Waals surface area contributed by atoms with Gasteiger partial charge in [-0.25, -0.2) is 4.79 Å². The number of fused-ring (bicyclic) bond motifs is 2. The normalized spacial score (nSPS) is 33.4. The van der Waals surface area contributed by atoms with Crippen molar-refractivity contribution in [2.24, 2.45) is 0 Å². The standard InChI is InChI=1S/C15H27NO4/c1-14(2,3)20-13(17)16-11-5-6-12(16)10-15(18,9-11)7-8-19-4/h11-12,18H,5-10H2,1-4H3. The first-order valence-corrected chi connectivity index (χ1v) is 7.47. The maximum atomic E-state index is 12.3. The third-order valence-corrected chi connectivity index (χ3v) is 4.23. The number of rotatable bonds is 3. The summed E-state index contributed by atoms with van der Waals surface area (Å²) < 4.78 is 10.6. The molecule has 2 aliphatic heterocycles. The van der Waals surface area contributed by atoms with Crippen LogP contribution in [0, 0.1) is 0 Å². The molecule has 5 nitrogen and oxygen atoms in total. The largest absolute Gasteiger partial charge is 0.444 e. The Hall–Kier alpha value is -0.810. The summed E-state index contributed by atoms with van der Waals surface area (Å²) in [6.45, 7) is 6.20. The van der Waals surface area contributed by atoms with Crippen LogP contribution < -0.4 is 0 Å². The van der Waals surface area contributed by atoms with Crippen molar-refractivity contribution < 1.29 is 19.4 Å². The highest BCUT2D eigenvalue weighted by Crippen LogP contribution is 2.42. The Morgan fingerprint density at radius 3 is 2.30 bits per heavy atom. The number of carbonyl (C=O) groups excluding carboxylic acids is 1. The summed E-state index contributed by atoms with van der Waals surface area (Å²) in [6, 6.07) is 0.205. The number of piperidine rings is 1. The van der Waals surface area contributed by atoms with Crippen molar-refractivity contribution in [2.45, 2.75) is 76.2 Å². The lowest BCUT2D eigenvalue weighted by atomic mass is 9.84. The summed E-state index contributed by atoms with van der Waals surface area (Å²) in [5, 5.41) is 10.7. The van der Waals surface area contributed by atoms with Gasteiger partial charge in [0.05, 0.1) is 5.60 Å². The summed E-state index contributed by atoms with van der Waals surface area (Å²) in [5.41, 5.74) is -1.17. The van der Waals surface area contributed by atoms with Gasteiger partial charge in [0, 0.05) is 25.8 Å². The number of ether oxygens (including phenoxy) is 2. The van der Waals surface area contributed by atoms with Gasteiger partial charge in [0.15, 0.2) is 0 Å². The molecule has 5 heteroatoms. The Bertz CT molecular complexity index is 349. The third-order valence-electron chi connectivity index (χ3n) is 4.23. The Balaban J connectivity index is 2.01. The van der Waals surface area contributed by atoms with Crippen LogP contribution >= 0.6 is 0 Å². The molecule has 0 aromatic carbocycles.